The molecule has 2 N–H and O–H groups in total. The zero-order valence-electron chi connectivity index (χ0n) is 14.1. The summed E-state index contributed by atoms with van der Waals surface area (Å²) in [5, 5.41) is -0.462. The van der Waals surface area contributed by atoms with E-state index in [1.54, 1.807) is 42.5 Å². The van der Waals surface area contributed by atoms with Gasteiger partial charge in [-0.3, -0.25) is 19.3 Å². The maximum Gasteiger partial charge on any atom is 0.293 e. The second kappa shape index (κ2) is 8.05. The molecule has 3 rings (SSSR count). The van der Waals surface area contributed by atoms with Gasteiger partial charge in [0.25, 0.3) is 17.1 Å². The normalized spacial score (nSPS) is 15.4. The molecule has 2 aromatic carbocycles. The van der Waals surface area contributed by atoms with Gasteiger partial charge in [-0.2, -0.15) is 0 Å². The standard InChI is InChI=1S/C19H15FN2O4S/c20-15-7-2-1-5-13(15)10-22-18(24)16(27-19(22)25)9-12-4-3-6-14(8-12)26-11-17(21)23/h1-9H,10-11H2,(H2,21,23)/b16-9-. The van der Waals surface area contributed by atoms with Crippen molar-refractivity contribution < 1.29 is 23.5 Å². The van der Waals surface area contributed by atoms with Crippen molar-refractivity contribution in [1.29, 1.82) is 0 Å². The molecule has 1 heterocycles. The quantitative estimate of drug-likeness (QED) is 0.771. The van der Waals surface area contributed by atoms with Crippen molar-refractivity contribution in [3.05, 3.63) is 70.4 Å². The predicted molar refractivity (Wildman–Crippen MR) is 99.0 cm³/mol. The fourth-order valence-electron chi connectivity index (χ4n) is 2.43. The highest BCUT2D eigenvalue weighted by atomic mass is 32.2. The molecule has 0 radical (unpaired) electrons. The van der Waals surface area contributed by atoms with Crippen LogP contribution in [0.1, 0.15) is 11.1 Å². The molecule has 0 bridgehead atoms. The first kappa shape index (κ1) is 18.7. The molecule has 138 valence electrons. The third kappa shape index (κ3) is 4.53. The number of imide groups is 1. The maximum absolute atomic E-state index is 13.8. The minimum atomic E-state index is -0.602. The number of hydrogen-bond acceptors (Lipinski definition) is 5. The number of thioether (sulfide) groups is 1. The molecule has 1 aliphatic heterocycles. The topological polar surface area (TPSA) is 89.7 Å². The highest BCUT2D eigenvalue weighted by molar-refractivity contribution is 8.18. The largest absolute Gasteiger partial charge is 0.484 e. The van der Waals surface area contributed by atoms with Crippen LogP contribution >= 0.6 is 11.8 Å². The second-order valence-electron chi connectivity index (χ2n) is 5.69. The fourth-order valence-corrected chi connectivity index (χ4v) is 3.27. The Morgan fingerprint density at radius 1 is 1.19 bits per heavy atom. The third-order valence-corrected chi connectivity index (χ3v) is 4.60. The fraction of sp³-hybridized carbons (Fsp3) is 0.105. The molecule has 0 unspecified atom stereocenters. The van der Waals surface area contributed by atoms with E-state index in [-0.39, 0.29) is 23.6 Å². The molecule has 2 aromatic rings. The van der Waals surface area contributed by atoms with Crippen LogP contribution < -0.4 is 10.5 Å². The molecule has 0 aliphatic carbocycles. The summed E-state index contributed by atoms with van der Waals surface area (Å²) < 4.78 is 19.0. The van der Waals surface area contributed by atoms with Gasteiger partial charge in [-0.05, 0) is 41.6 Å². The number of rotatable bonds is 6. The zero-order valence-corrected chi connectivity index (χ0v) is 14.9. The van der Waals surface area contributed by atoms with E-state index in [1.807, 2.05) is 0 Å². The summed E-state index contributed by atoms with van der Waals surface area (Å²) in [6.45, 7) is -0.390. The molecule has 0 aromatic heterocycles. The number of hydrogen-bond donors (Lipinski definition) is 1. The summed E-state index contributed by atoms with van der Waals surface area (Å²) in [4.78, 5) is 36.7. The van der Waals surface area contributed by atoms with E-state index >= 15 is 0 Å². The minimum absolute atomic E-state index is 0.129. The van der Waals surface area contributed by atoms with Crippen LogP contribution in [-0.4, -0.2) is 28.6 Å². The van der Waals surface area contributed by atoms with Crippen LogP contribution in [0.4, 0.5) is 9.18 Å². The average Bonchev–Trinajstić information content (AvgIpc) is 2.89. The van der Waals surface area contributed by atoms with Gasteiger partial charge in [0.15, 0.2) is 6.61 Å². The molecule has 1 fully saturated rings. The van der Waals surface area contributed by atoms with Gasteiger partial charge in [0.05, 0.1) is 11.4 Å². The summed E-state index contributed by atoms with van der Waals surface area (Å²) in [6, 6.07) is 12.7. The Labute approximate surface area is 158 Å². The predicted octanol–water partition coefficient (Wildman–Crippen LogP) is 2.93. The summed E-state index contributed by atoms with van der Waals surface area (Å²) in [5.41, 5.74) is 5.92. The zero-order chi connectivity index (χ0) is 19.4. The van der Waals surface area contributed by atoms with E-state index in [0.29, 0.717) is 11.3 Å². The molecule has 6 nitrogen and oxygen atoms in total. The first-order valence-corrected chi connectivity index (χ1v) is 8.75. The van der Waals surface area contributed by atoms with Crippen molar-refractivity contribution >= 4 is 34.9 Å². The number of nitrogens with two attached hydrogens (primary N) is 1. The first-order chi connectivity index (χ1) is 12.9. The monoisotopic (exact) mass is 386 g/mol. The van der Waals surface area contributed by atoms with Gasteiger partial charge in [0.1, 0.15) is 11.6 Å². The van der Waals surface area contributed by atoms with E-state index in [4.69, 9.17) is 10.5 Å². The lowest BCUT2D eigenvalue weighted by Crippen LogP contribution is -2.27. The van der Waals surface area contributed by atoms with Crippen LogP contribution in [0.3, 0.4) is 0 Å². The molecule has 0 spiro atoms. The highest BCUT2D eigenvalue weighted by Crippen LogP contribution is 2.33. The first-order valence-electron chi connectivity index (χ1n) is 7.94. The van der Waals surface area contributed by atoms with Gasteiger partial charge in [-0.1, -0.05) is 30.3 Å². The lowest BCUT2D eigenvalue weighted by Gasteiger charge is -2.12. The van der Waals surface area contributed by atoms with Gasteiger partial charge >= 0.3 is 0 Å². The SMILES string of the molecule is NC(=O)COc1cccc(/C=C2\SC(=O)N(Cc3ccccc3F)C2=O)c1. The lowest BCUT2D eigenvalue weighted by atomic mass is 10.2. The van der Waals surface area contributed by atoms with E-state index in [2.05, 4.69) is 0 Å². The Morgan fingerprint density at radius 3 is 2.70 bits per heavy atom. The smallest absolute Gasteiger partial charge is 0.293 e. The van der Waals surface area contributed by atoms with Crippen LogP contribution in [0.5, 0.6) is 5.75 Å². The Hall–Kier alpha value is -3.13. The number of ether oxygens (including phenoxy) is 1. The van der Waals surface area contributed by atoms with Crippen LogP contribution in [0, 0.1) is 5.82 Å². The van der Waals surface area contributed by atoms with E-state index in [1.165, 1.54) is 12.1 Å². The van der Waals surface area contributed by atoms with Crippen LogP contribution in [0.2, 0.25) is 0 Å². The van der Waals surface area contributed by atoms with Gasteiger partial charge in [0, 0.05) is 5.56 Å². The number of amides is 3. The van der Waals surface area contributed by atoms with E-state index in [0.717, 1.165) is 16.7 Å². The van der Waals surface area contributed by atoms with Crippen molar-refractivity contribution in [2.24, 2.45) is 5.73 Å². The van der Waals surface area contributed by atoms with Crippen molar-refractivity contribution in [2.45, 2.75) is 6.54 Å². The Morgan fingerprint density at radius 2 is 1.96 bits per heavy atom. The number of carbonyl (C=O) groups excluding carboxylic acids is 3. The summed E-state index contributed by atoms with van der Waals surface area (Å²) >= 11 is 0.787. The molecule has 3 amide bonds. The summed E-state index contributed by atoms with van der Waals surface area (Å²) in [7, 11) is 0. The van der Waals surface area contributed by atoms with E-state index < -0.39 is 22.9 Å². The maximum atomic E-state index is 13.8. The van der Waals surface area contributed by atoms with Gasteiger partial charge in [-0.15, -0.1) is 0 Å². The molecular weight excluding hydrogens is 371 g/mol. The minimum Gasteiger partial charge on any atom is -0.484 e. The van der Waals surface area contributed by atoms with Crippen molar-refractivity contribution in [3.63, 3.8) is 0 Å². The van der Waals surface area contributed by atoms with Crippen LogP contribution in [0.25, 0.3) is 6.08 Å². The summed E-state index contributed by atoms with van der Waals surface area (Å²) in [6.07, 6.45) is 1.55. The Bertz CT molecular complexity index is 945. The van der Waals surface area contributed by atoms with Gasteiger partial charge in [0.2, 0.25) is 0 Å². The molecule has 27 heavy (non-hydrogen) atoms. The number of halogens is 1. The van der Waals surface area contributed by atoms with Gasteiger partial charge < -0.3 is 10.5 Å². The number of primary amides is 1. The second-order valence-corrected chi connectivity index (χ2v) is 6.68. The van der Waals surface area contributed by atoms with Crippen molar-refractivity contribution in [2.75, 3.05) is 6.61 Å². The lowest BCUT2D eigenvalue weighted by molar-refractivity contribution is -0.123. The van der Waals surface area contributed by atoms with Crippen molar-refractivity contribution in [1.82, 2.24) is 4.90 Å². The van der Waals surface area contributed by atoms with Crippen LogP contribution in [-0.2, 0) is 16.1 Å². The molecule has 1 saturated heterocycles. The number of nitrogens with zero attached hydrogens (tertiary/aromatic N) is 1. The number of benzene rings is 2. The average molecular weight is 386 g/mol. The number of carbonyl (C=O) groups is 3. The molecule has 0 saturated carbocycles. The Balaban J connectivity index is 1.77. The molecule has 1 aliphatic rings. The van der Waals surface area contributed by atoms with Crippen molar-refractivity contribution in [3.8, 4) is 5.75 Å². The molecular formula is C19H15FN2O4S. The van der Waals surface area contributed by atoms with E-state index in [9.17, 15) is 18.8 Å². The van der Waals surface area contributed by atoms with Crippen LogP contribution in [0.15, 0.2) is 53.4 Å². The molecule has 8 heteroatoms. The van der Waals surface area contributed by atoms with Gasteiger partial charge in [-0.25, -0.2) is 4.39 Å². The molecule has 0 atom stereocenters. The highest BCUT2D eigenvalue weighted by Gasteiger charge is 2.35. The Kier molecular flexibility index (Phi) is 5.56. The summed E-state index contributed by atoms with van der Waals surface area (Å²) in [5.74, 6) is -1.15. The third-order valence-electron chi connectivity index (χ3n) is 3.70.